The number of nitrogens with zero attached hydrogens (tertiary/aromatic N) is 4. The molecule has 0 unspecified atom stereocenters. The number of aromatic nitrogens is 1. The topological polar surface area (TPSA) is 91.9 Å². The fourth-order valence-corrected chi connectivity index (χ4v) is 5.43. The number of carbonyl (C=O) groups is 2. The molecular formula is C29H36F3N5O2. The molecule has 2 aromatic rings. The number of aliphatic imine (C=N–C) groups is 1. The number of carbonyl (C=O) groups excluding carboxylic acids is 2. The molecule has 0 radical (unpaired) electrons. The van der Waals surface area contributed by atoms with Crippen molar-refractivity contribution in [2.45, 2.75) is 71.5 Å². The molecule has 10 heteroatoms. The quantitative estimate of drug-likeness (QED) is 0.416. The van der Waals surface area contributed by atoms with Gasteiger partial charge in [-0.3, -0.25) is 9.59 Å². The minimum Gasteiger partial charge on any atom is -0.340 e. The summed E-state index contributed by atoms with van der Waals surface area (Å²) in [5, 5.41) is 0.549. The van der Waals surface area contributed by atoms with E-state index in [1.54, 1.807) is 24.8 Å². The predicted octanol–water partition coefficient (Wildman–Crippen LogP) is 4.86. The van der Waals surface area contributed by atoms with Gasteiger partial charge in [0.15, 0.2) is 0 Å². The molecule has 2 fully saturated rings. The van der Waals surface area contributed by atoms with Gasteiger partial charge in [-0.15, -0.1) is 0 Å². The van der Waals surface area contributed by atoms with Crippen LogP contribution in [0.15, 0.2) is 40.5 Å². The highest BCUT2D eigenvalue weighted by Crippen LogP contribution is 2.32. The molecule has 2 amide bonds. The number of nitrogens with two attached hydrogens (primary N) is 1. The molecule has 2 N–H and O–H groups in total. The Bertz CT molecular complexity index is 1310. The number of fused-ring (bicyclic) bond motifs is 1. The lowest BCUT2D eigenvalue weighted by Gasteiger charge is -2.40. The maximum absolute atomic E-state index is 13.6. The van der Waals surface area contributed by atoms with E-state index >= 15 is 0 Å². The molecule has 0 saturated carbocycles. The van der Waals surface area contributed by atoms with Crippen LogP contribution in [0.2, 0.25) is 0 Å². The number of likely N-dealkylation sites (tertiary alicyclic amines) is 2. The van der Waals surface area contributed by atoms with Gasteiger partial charge in [0.2, 0.25) is 5.91 Å². The summed E-state index contributed by atoms with van der Waals surface area (Å²) in [6, 6.07) is 6.12. The Labute approximate surface area is 227 Å². The zero-order valence-corrected chi connectivity index (χ0v) is 22.8. The van der Waals surface area contributed by atoms with Gasteiger partial charge in [0.1, 0.15) is 11.4 Å². The Hall–Kier alpha value is -3.27. The van der Waals surface area contributed by atoms with Gasteiger partial charge in [-0.1, -0.05) is 19.1 Å². The van der Waals surface area contributed by atoms with Crippen molar-refractivity contribution in [3.63, 3.8) is 0 Å². The summed E-state index contributed by atoms with van der Waals surface area (Å²) in [5.41, 5.74) is 7.93. The second-order valence-corrected chi connectivity index (χ2v) is 10.3. The van der Waals surface area contributed by atoms with Crippen LogP contribution >= 0.6 is 0 Å². The first kappa shape index (κ1) is 28.7. The van der Waals surface area contributed by atoms with E-state index in [0.717, 1.165) is 25.5 Å². The third-order valence-electron chi connectivity index (χ3n) is 7.75. The average molecular weight is 544 g/mol. The number of benzene rings is 1. The predicted molar refractivity (Wildman–Crippen MR) is 145 cm³/mol. The Morgan fingerprint density at radius 1 is 1.10 bits per heavy atom. The van der Waals surface area contributed by atoms with Crippen molar-refractivity contribution in [1.82, 2.24) is 14.8 Å². The average Bonchev–Trinajstić information content (AvgIpc) is 2.94. The zero-order valence-electron chi connectivity index (χ0n) is 22.8. The first-order valence-corrected chi connectivity index (χ1v) is 13.6. The van der Waals surface area contributed by atoms with Crippen molar-refractivity contribution in [1.29, 1.82) is 0 Å². The summed E-state index contributed by atoms with van der Waals surface area (Å²) in [5.74, 6) is -0.0309. The number of amides is 2. The monoisotopic (exact) mass is 543 g/mol. The molecule has 2 aliphatic rings. The lowest BCUT2D eigenvalue weighted by atomic mass is 9.98. The van der Waals surface area contributed by atoms with Crippen LogP contribution in [0.4, 0.5) is 13.2 Å². The second kappa shape index (κ2) is 11.9. The van der Waals surface area contributed by atoms with Crippen LogP contribution in [0.25, 0.3) is 10.9 Å². The highest BCUT2D eigenvalue weighted by molar-refractivity contribution is 6.11. The van der Waals surface area contributed by atoms with Crippen molar-refractivity contribution in [2.75, 3.05) is 26.2 Å². The minimum absolute atomic E-state index is 0.141. The van der Waals surface area contributed by atoms with Gasteiger partial charge < -0.3 is 15.5 Å². The van der Waals surface area contributed by atoms with E-state index < -0.39 is 11.9 Å². The normalized spacial score (nSPS) is 18.5. The van der Waals surface area contributed by atoms with Crippen LogP contribution in [-0.4, -0.2) is 64.5 Å². The molecule has 2 saturated heterocycles. The summed E-state index contributed by atoms with van der Waals surface area (Å²) in [6.07, 6.45) is -0.0492. The van der Waals surface area contributed by atoms with Crippen molar-refractivity contribution < 1.29 is 22.8 Å². The fraction of sp³-hybridized carbons (Fsp3) is 0.517. The summed E-state index contributed by atoms with van der Waals surface area (Å²) >= 11 is 0. The van der Waals surface area contributed by atoms with Gasteiger partial charge in [0, 0.05) is 55.3 Å². The first-order chi connectivity index (χ1) is 18.5. The van der Waals surface area contributed by atoms with E-state index in [-0.39, 0.29) is 35.6 Å². The number of alkyl halides is 3. The summed E-state index contributed by atoms with van der Waals surface area (Å²) in [6.45, 7) is 7.32. The van der Waals surface area contributed by atoms with Crippen molar-refractivity contribution >= 4 is 28.4 Å². The third-order valence-corrected chi connectivity index (χ3v) is 7.75. The third kappa shape index (κ3) is 6.16. The SMILES string of the molecule is CCc1ccc(C(C)=N/C(C(=O)N2CCC(N3CCCCC3=O)CC2)=C(\C)CN)c2ccc(C(F)(F)F)nc12. The van der Waals surface area contributed by atoms with Gasteiger partial charge in [-0.2, -0.15) is 13.2 Å². The Morgan fingerprint density at radius 2 is 1.82 bits per heavy atom. The first-order valence-electron chi connectivity index (χ1n) is 13.6. The molecule has 0 spiro atoms. The van der Waals surface area contributed by atoms with Gasteiger partial charge >= 0.3 is 6.18 Å². The Kier molecular flexibility index (Phi) is 8.73. The molecular weight excluding hydrogens is 507 g/mol. The molecule has 39 heavy (non-hydrogen) atoms. The van der Waals surface area contributed by atoms with Gasteiger partial charge in [-0.05, 0) is 69.2 Å². The summed E-state index contributed by atoms with van der Waals surface area (Å²) in [7, 11) is 0. The highest BCUT2D eigenvalue weighted by atomic mass is 19.4. The molecule has 0 aliphatic carbocycles. The standard InChI is InChI=1S/C29H36F3N5O2/c1-4-20-8-9-22(23-10-11-24(29(30,31)32)35-27(20)23)19(3)34-26(18(2)17-33)28(39)36-15-12-21(13-16-36)37-14-6-5-7-25(37)38/h8-11,21H,4-7,12-17,33H2,1-3H3/b26-18+,34-19?. The number of piperidine rings is 2. The van der Waals surface area contributed by atoms with Gasteiger partial charge in [-0.25, -0.2) is 9.98 Å². The maximum Gasteiger partial charge on any atom is 0.433 e. The molecule has 2 aliphatic heterocycles. The molecule has 0 atom stereocenters. The lowest BCUT2D eigenvalue weighted by molar-refractivity contribution is -0.141. The molecule has 7 nitrogen and oxygen atoms in total. The number of aryl methyl sites for hydroxylation is 1. The molecule has 1 aromatic carbocycles. The summed E-state index contributed by atoms with van der Waals surface area (Å²) in [4.78, 5) is 38.3. The van der Waals surface area contributed by atoms with Crippen LogP contribution in [0.3, 0.4) is 0 Å². The number of hydrogen-bond donors (Lipinski definition) is 1. The number of hydrogen-bond acceptors (Lipinski definition) is 5. The van der Waals surface area contributed by atoms with Gasteiger partial charge in [0.05, 0.1) is 5.52 Å². The molecule has 0 bridgehead atoms. The highest BCUT2D eigenvalue weighted by Gasteiger charge is 2.34. The van der Waals surface area contributed by atoms with Crippen LogP contribution in [0, 0.1) is 0 Å². The number of pyridine rings is 1. The van der Waals surface area contributed by atoms with E-state index in [4.69, 9.17) is 10.7 Å². The fourth-order valence-electron chi connectivity index (χ4n) is 5.43. The Morgan fingerprint density at radius 3 is 2.44 bits per heavy atom. The van der Waals surface area contributed by atoms with Crippen molar-refractivity contribution in [3.8, 4) is 0 Å². The van der Waals surface area contributed by atoms with Crippen LogP contribution in [0.1, 0.15) is 69.7 Å². The van der Waals surface area contributed by atoms with Crippen molar-refractivity contribution in [3.05, 3.63) is 52.4 Å². The molecule has 3 heterocycles. The Balaban J connectivity index is 1.61. The molecule has 1 aromatic heterocycles. The van der Waals surface area contributed by atoms with Crippen LogP contribution < -0.4 is 5.73 Å². The number of halogens is 3. The van der Waals surface area contributed by atoms with E-state index in [1.807, 2.05) is 17.9 Å². The number of rotatable bonds is 6. The van der Waals surface area contributed by atoms with Crippen LogP contribution in [-0.2, 0) is 22.2 Å². The van der Waals surface area contributed by atoms with E-state index in [1.165, 1.54) is 6.07 Å². The lowest BCUT2D eigenvalue weighted by Crippen LogP contribution is -2.50. The van der Waals surface area contributed by atoms with Gasteiger partial charge in [0.25, 0.3) is 5.91 Å². The smallest absolute Gasteiger partial charge is 0.340 e. The zero-order chi connectivity index (χ0) is 28.3. The minimum atomic E-state index is -4.55. The van der Waals surface area contributed by atoms with Crippen molar-refractivity contribution in [2.24, 2.45) is 10.7 Å². The largest absolute Gasteiger partial charge is 0.433 e. The van der Waals surface area contributed by atoms with E-state index in [0.29, 0.717) is 66.6 Å². The maximum atomic E-state index is 13.6. The van der Waals surface area contributed by atoms with Crippen LogP contribution in [0.5, 0.6) is 0 Å². The van der Waals surface area contributed by atoms with E-state index in [2.05, 4.69) is 4.98 Å². The molecule has 210 valence electrons. The second-order valence-electron chi connectivity index (χ2n) is 10.3. The summed E-state index contributed by atoms with van der Waals surface area (Å²) < 4.78 is 40.1. The molecule has 4 rings (SSSR count). The van der Waals surface area contributed by atoms with E-state index in [9.17, 15) is 22.8 Å².